The summed E-state index contributed by atoms with van der Waals surface area (Å²) >= 11 is 0. The van der Waals surface area contributed by atoms with E-state index in [4.69, 9.17) is 0 Å². The number of likely N-dealkylation sites (tertiary alicyclic amines) is 1. The fraction of sp³-hybridized carbons (Fsp3) is 0.650. The van der Waals surface area contributed by atoms with Crippen molar-refractivity contribution in [2.24, 2.45) is 5.92 Å². The molecule has 0 bridgehead atoms. The number of anilines is 1. The Hall–Kier alpha value is -1.55. The van der Waals surface area contributed by atoms with E-state index in [-0.39, 0.29) is 17.9 Å². The summed E-state index contributed by atoms with van der Waals surface area (Å²) in [6.07, 6.45) is 5.90. The fourth-order valence-electron chi connectivity index (χ4n) is 3.81. The second-order valence-corrected chi connectivity index (χ2v) is 7.45. The predicted octanol–water partition coefficient (Wildman–Crippen LogP) is 3.20. The van der Waals surface area contributed by atoms with Crippen LogP contribution in [0.2, 0.25) is 0 Å². The molecule has 2 fully saturated rings. The predicted molar refractivity (Wildman–Crippen MR) is 99.3 cm³/mol. The van der Waals surface area contributed by atoms with Gasteiger partial charge >= 0.3 is 0 Å². The number of piperidine rings is 2. The number of hydrogen-bond acceptors (Lipinski definition) is 3. The van der Waals surface area contributed by atoms with E-state index in [1.807, 2.05) is 0 Å². The molecule has 3 rings (SSSR count). The summed E-state index contributed by atoms with van der Waals surface area (Å²) in [6.45, 7) is 6.47. The SMILES string of the molecule is C[C@@H](NC(=O)C1CCN(C)CC1)c1ccc(N2CCCCC2)cc1. The van der Waals surface area contributed by atoms with Gasteiger partial charge in [-0.1, -0.05) is 12.1 Å². The minimum Gasteiger partial charge on any atom is -0.372 e. The van der Waals surface area contributed by atoms with Gasteiger partial charge in [0.2, 0.25) is 5.91 Å². The first kappa shape index (κ1) is 17.3. The molecule has 1 aromatic rings. The highest BCUT2D eigenvalue weighted by atomic mass is 16.1. The molecule has 132 valence electrons. The third-order valence-electron chi connectivity index (χ3n) is 5.56. The maximum atomic E-state index is 12.5. The Morgan fingerprint density at radius 1 is 1.04 bits per heavy atom. The quantitative estimate of drug-likeness (QED) is 0.921. The Bertz CT molecular complexity index is 528. The average Bonchev–Trinajstić information content (AvgIpc) is 2.63. The van der Waals surface area contributed by atoms with Gasteiger partial charge in [-0.2, -0.15) is 0 Å². The van der Waals surface area contributed by atoms with Crippen molar-refractivity contribution in [3.05, 3.63) is 29.8 Å². The van der Waals surface area contributed by atoms with Crippen LogP contribution < -0.4 is 10.2 Å². The molecule has 1 amide bonds. The molecule has 0 unspecified atom stereocenters. The molecule has 1 N–H and O–H groups in total. The van der Waals surface area contributed by atoms with Crippen LogP contribution in [-0.2, 0) is 4.79 Å². The van der Waals surface area contributed by atoms with E-state index in [0.717, 1.165) is 25.9 Å². The van der Waals surface area contributed by atoms with Crippen molar-refractivity contribution in [3.8, 4) is 0 Å². The van der Waals surface area contributed by atoms with Crippen LogP contribution in [0.4, 0.5) is 5.69 Å². The second kappa shape index (κ2) is 8.02. The van der Waals surface area contributed by atoms with Crippen LogP contribution in [0.15, 0.2) is 24.3 Å². The topological polar surface area (TPSA) is 35.6 Å². The maximum absolute atomic E-state index is 12.5. The number of benzene rings is 1. The molecular weight excluding hydrogens is 298 g/mol. The van der Waals surface area contributed by atoms with Crippen molar-refractivity contribution in [1.82, 2.24) is 10.2 Å². The molecule has 0 aromatic heterocycles. The van der Waals surface area contributed by atoms with Crippen molar-refractivity contribution in [1.29, 1.82) is 0 Å². The van der Waals surface area contributed by atoms with Gasteiger partial charge in [-0.15, -0.1) is 0 Å². The van der Waals surface area contributed by atoms with E-state index in [1.54, 1.807) is 0 Å². The zero-order chi connectivity index (χ0) is 16.9. The van der Waals surface area contributed by atoms with Crippen LogP contribution in [0, 0.1) is 5.92 Å². The van der Waals surface area contributed by atoms with Crippen molar-refractivity contribution < 1.29 is 4.79 Å². The van der Waals surface area contributed by atoms with Crippen molar-refractivity contribution >= 4 is 11.6 Å². The lowest BCUT2D eigenvalue weighted by atomic mass is 9.95. The lowest BCUT2D eigenvalue weighted by molar-refractivity contribution is -0.127. The monoisotopic (exact) mass is 329 g/mol. The molecule has 24 heavy (non-hydrogen) atoms. The van der Waals surface area contributed by atoms with Gasteiger partial charge in [0.05, 0.1) is 6.04 Å². The lowest BCUT2D eigenvalue weighted by Crippen LogP contribution is -2.39. The van der Waals surface area contributed by atoms with Gasteiger partial charge in [0.25, 0.3) is 0 Å². The number of carbonyl (C=O) groups is 1. The number of nitrogens with zero attached hydrogens (tertiary/aromatic N) is 2. The van der Waals surface area contributed by atoms with E-state index < -0.39 is 0 Å². The van der Waals surface area contributed by atoms with Crippen LogP contribution in [0.1, 0.15) is 50.6 Å². The molecule has 0 radical (unpaired) electrons. The Labute approximate surface area is 146 Å². The third kappa shape index (κ3) is 4.29. The summed E-state index contributed by atoms with van der Waals surface area (Å²) in [5.74, 6) is 0.395. The molecule has 0 spiro atoms. The van der Waals surface area contributed by atoms with Crippen molar-refractivity contribution in [2.45, 2.75) is 45.1 Å². The highest BCUT2D eigenvalue weighted by Crippen LogP contribution is 2.23. The second-order valence-electron chi connectivity index (χ2n) is 7.45. The molecule has 0 aliphatic carbocycles. The van der Waals surface area contributed by atoms with Gasteiger partial charge in [-0.25, -0.2) is 0 Å². The van der Waals surface area contributed by atoms with Crippen LogP contribution in [-0.4, -0.2) is 44.0 Å². The summed E-state index contributed by atoms with van der Waals surface area (Å²) < 4.78 is 0. The number of amides is 1. The first-order chi connectivity index (χ1) is 11.6. The molecule has 2 heterocycles. The first-order valence-electron chi connectivity index (χ1n) is 9.47. The van der Waals surface area contributed by atoms with E-state index in [0.29, 0.717) is 0 Å². The summed E-state index contributed by atoms with van der Waals surface area (Å²) in [5, 5.41) is 3.21. The third-order valence-corrected chi connectivity index (χ3v) is 5.56. The number of carbonyl (C=O) groups excluding carboxylic acids is 1. The average molecular weight is 329 g/mol. The molecule has 4 nitrogen and oxygen atoms in total. The standard InChI is InChI=1S/C20H31N3O/c1-16(21-20(24)18-10-14-22(2)15-11-18)17-6-8-19(9-7-17)23-12-4-3-5-13-23/h6-9,16,18H,3-5,10-15H2,1-2H3,(H,21,24)/t16-/m1/s1. The Morgan fingerprint density at radius 2 is 1.67 bits per heavy atom. The van der Waals surface area contributed by atoms with Crippen LogP contribution >= 0.6 is 0 Å². The summed E-state index contributed by atoms with van der Waals surface area (Å²) in [7, 11) is 2.13. The molecular formula is C20H31N3O. The zero-order valence-corrected chi connectivity index (χ0v) is 15.1. The fourth-order valence-corrected chi connectivity index (χ4v) is 3.81. The maximum Gasteiger partial charge on any atom is 0.223 e. The summed E-state index contributed by atoms with van der Waals surface area (Å²) in [6, 6.07) is 8.83. The van der Waals surface area contributed by atoms with E-state index in [1.165, 1.54) is 43.6 Å². The molecule has 2 saturated heterocycles. The highest BCUT2D eigenvalue weighted by molar-refractivity contribution is 5.79. The van der Waals surface area contributed by atoms with Gasteiger partial charge in [0.15, 0.2) is 0 Å². The van der Waals surface area contributed by atoms with E-state index in [9.17, 15) is 4.79 Å². The zero-order valence-electron chi connectivity index (χ0n) is 15.1. The lowest BCUT2D eigenvalue weighted by Gasteiger charge is -2.30. The summed E-state index contributed by atoms with van der Waals surface area (Å²) in [4.78, 5) is 17.2. The minimum absolute atomic E-state index is 0.0764. The molecule has 1 aromatic carbocycles. The molecule has 2 aliphatic heterocycles. The summed E-state index contributed by atoms with van der Waals surface area (Å²) in [5.41, 5.74) is 2.50. The Balaban J connectivity index is 1.54. The largest absolute Gasteiger partial charge is 0.372 e. The van der Waals surface area contributed by atoms with Crippen LogP contribution in [0.25, 0.3) is 0 Å². The van der Waals surface area contributed by atoms with Gasteiger partial charge in [-0.05, 0) is 76.9 Å². The highest BCUT2D eigenvalue weighted by Gasteiger charge is 2.24. The normalized spacial score (nSPS) is 21.5. The number of rotatable bonds is 4. The van der Waals surface area contributed by atoms with E-state index >= 15 is 0 Å². The van der Waals surface area contributed by atoms with E-state index in [2.05, 4.69) is 53.4 Å². The molecule has 2 aliphatic rings. The van der Waals surface area contributed by atoms with Gasteiger partial charge in [0.1, 0.15) is 0 Å². The van der Waals surface area contributed by atoms with Crippen LogP contribution in [0.5, 0.6) is 0 Å². The van der Waals surface area contributed by atoms with Gasteiger partial charge in [-0.3, -0.25) is 4.79 Å². The molecule has 0 saturated carbocycles. The van der Waals surface area contributed by atoms with Crippen molar-refractivity contribution in [3.63, 3.8) is 0 Å². The smallest absolute Gasteiger partial charge is 0.223 e. The minimum atomic E-state index is 0.0764. The van der Waals surface area contributed by atoms with Crippen molar-refractivity contribution in [2.75, 3.05) is 38.1 Å². The molecule has 4 heteroatoms. The molecule has 1 atom stereocenters. The van der Waals surface area contributed by atoms with Crippen LogP contribution in [0.3, 0.4) is 0 Å². The number of nitrogens with one attached hydrogen (secondary N) is 1. The Morgan fingerprint density at radius 3 is 2.29 bits per heavy atom. The first-order valence-corrected chi connectivity index (χ1v) is 9.47. The Kier molecular flexibility index (Phi) is 5.77. The number of hydrogen-bond donors (Lipinski definition) is 1. The van der Waals surface area contributed by atoms with Gasteiger partial charge < -0.3 is 15.1 Å². The van der Waals surface area contributed by atoms with Gasteiger partial charge in [0, 0.05) is 24.7 Å².